The molecule has 0 amide bonds. The molecule has 0 aliphatic heterocycles. The summed E-state index contributed by atoms with van der Waals surface area (Å²) in [5.41, 5.74) is 6.50. The third-order valence-electron chi connectivity index (χ3n) is 2.11. The summed E-state index contributed by atoms with van der Waals surface area (Å²) in [6.45, 7) is 0. The first-order valence-electron chi connectivity index (χ1n) is 4.74. The van der Waals surface area contributed by atoms with E-state index in [0.717, 1.165) is 6.20 Å². The average molecular weight is 222 g/mol. The zero-order valence-corrected chi connectivity index (χ0v) is 8.71. The Morgan fingerprint density at radius 2 is 2.31 bits per heavy atom. The van der Waals surface area contributed by atoms with Crippen molar-refractivity contribution < 1.29 is 4.39 Å². The summed E-state index contributed by atoms with van der Waals surface area (Å²) < 4.78 is 12.9. The van der Waals surface area contributed by atoms with Crippen molar-refractivity contribution in [2.45, 2.75) is 12.5 Å². The lowest BCUT2D eigenvalue weighted by Crippen LogP contribution is -2.15. The highest BCUT2D eigenvalue weighted by Crippen LogP contribution is 2.13. The molecule has 7 heteroatoms. The van der Waals surface area contributed by atoms with Crippen LogP contribution in [0, 0.1) is 5.82 Å². The molecule has 2 aromatic rings. The van der Waals surface area contributed by atoms with Gasteiger partial charge in [-0.1, -0.05) is 0 Å². The number of nitrogens with two attached hydrogens (primary N) is 1. The van der Waals surface area contributed by atoms with E-state index in [9.17, 15) is 4.39 Å². The van der Waals surface area contributed by atoms with Crippen LogP contribution in [-0.4, -0.2) is 25.2 Å². The van der Waals surface area contributed by atoms with Gasteiger partial charge in [0.1, 0.15) is 5.82 Å². The molecule has 2 rings (SSSR count). The lowest BCUT2D eigenvalue weighted by Gasteiger charge is -2.08. The van der Waals surface area contributed by atoms with Crippen LogP contribution in [0.15, 0.2) is 18.5 Å². The molecule has 0 fully saturated rings. The van der Waals surface area contributed by atoms with Crippen LogP contribution in [-0.2, 0) is 13.5 Å². The number of hydrogen-bond donors (Lipinski definition) is 1. The second kappa shape index (κ2) is 4.31. The predicted octanol–water partition coefficient (Wildman–Crippen LogP) is -0.0133. The third-order valence-corrected chi connectivity index (χ3v) is 2.11. The molecular weight excluding hydrogens is 211 g/mol. The van der Waals surface area contributed by atoms with Crippen molar-refractivity contribution in [2.24, 2.45) is 12.8 Å². The van der Waals surface area contributed by atoms with Gasteiger partial charge in [-0.05, 0) is 16.8 Å². The first-order valence-corrected chi connectivity index (χ1v) is 4.74. The average Bonchev–Trinajstić information content (AvgIpc) is 2.64. The molecule has 6 nitrogen and oxygen atoms in total. The zero-order chi connectivity index (χ0) is 11.5. The number of aromatic nitrogens is 5. The van der Waals surface area contributed by atoms with Crippen molar-refractivity contribution in [3.8, 4) is 0 Å². The van der Waals surface area contributed by atoms with Crippen LogP contribution in [0.4, 0.5) is 4.39 Å². The maximum atomic E-state index is 12.9. The van der Waals surface area contributed by atoms with Gasteiger partial charge in [0.25, 0.3) is 0 Å². The lowest BCUT2D eigenvalue weighted by molar-refractivity contribution is 0.605. The van der Waals surface area contributed by atoms with Crippen LogP contribution in [0.3, 0.4) is 0 Å². The number of pyridine rings is 1. The minimum atomic E-state index is -0.403. The SMILES string of the molecule is Cn1nnc(CC(N)c2cncc(F)c2)n1. The van der Waals surface area contributed by atoms with Crippen molar-refractivity contribution >= 4 is 0 Å². The number of halogens is 1. The monoisotopic (exact) mass is 222 g/mol. The van der Waals surface area contributed by atoms with Crippen LogP contribution >= 0.6 is 0 Å². The molecular formula is C9H11FN6. The second-order valence-corrected chi connectivity index (χ2v) is 3.44. The number of nitrogens with zero attached hydrogens (tertiary/aromatic N) is 5. The van der Waals surface area contributed by atoms with Gasteiger partial charge < -0.3 is 5.73 Å². The quantitative estimate of drug-likeness (QED) is 0.789. The van der Waals surface area contributed by atoms with E-state index in [4.69, 9.17) is 5.73 Å². The fraction of sp³-hybridized carbons (Fsp3) is 0.333. The molecule has 2 aromatic heterocycles. The highest BCUT2D eigenvalue weighted by molar-refractivity contribution is 5.15. The Bertz CT molecular complexity index is 482. The Morgan fingerprint density at radius 1 is 1.50 bits per heavy atom. The van der Waals surface area contributed by atoms with Crippen molar-refractivity contribution in [1.29, 1.82) is 0 Å². The van der Waals surface area contributed by atoms with E-state index in [2.05, 4.69) is 20.4 Å². The molecule has 2 heterocycles. The highest BCUT2D eigenvalue weighted by Gasteiger charge is 2.11. The summed E-state index contributed by atoms with van der Waals surface area (Å²) in [6, 6.07) is 0.973. The summed E-state index contributed by atoms with van der Waals surface area (Å²) in [4.78, 5) is 5.09. The minimum Gasteiger partial charge on any atom is -0.324 e. The van der Waals surface area contributed by atoms with Gasteiger partial charge in [-0.25, -0.2) is 4.39 Å². The standard InChI is InChI=1S/C9H11FN6/c1-16-14-9(13-15-16)3-8(11)6-2-7(10)5-12-4-6/h2,4-5,8H,3,11H2,1H3. The molecule has 2 N–H and O–H groups in total. The van der Waals surface area contributed by atoms with Crippen LogP contribution < -0.4 is 5.73 Å². The van der Waals surface area contributed by atoms with Crippen molar-refractivity contribution in [1.82, 2.24) is 25.2 Å². The van der Waals surface area contributed by atoms with Gasteiger partial charge in [0.05, 0.1) is 13.2 Å². The van der Waals surface area contributed by atoms with Gasteiger partial charge in [0, 0.05) is 18.7 Å². The molecule has 1 unspecified atom stereocenters. The van der Waals surface area contributed by atoms with E-state index in [-0.39, 0.29) is 6.04 Å². The molecule has 0 aliphatic carbocycles. The van der Waals surface area contributed by atoms with Gasteiger partial charge in [-0.2, -0.15) is 4.80 Å². The normalized spacial score (nSPS) is 12.7. The molecule has 0 saturated heterocycles. The Hall–Kier alpha value is -1.89. The Morgan fingerprint density at radius 3 is 2.94 bits per heavy atom. The van der Waals surface area contributed by atoms with E-state index in [1.807, 2.05) is 0 Å². The number of hydrogen-bond acceptors (Lipinski definition) is 5. The van der Waals surface area contributed by atoms with Crippen LogP contribution in [0.25, 0.3) is 0 Å². The number of aryl methyl sites for hydroxylation is 1. The van der Waals surface area contributed by atoms with Crippen LogP contribution in [0.5, 0.6) is 0 Å². The second-order valence-electron chi connectivity index (χ2n) is 3.44. The smallest absolute Gasteiger partial charge is 0.176 e. The van der Waals surface area contributed by atoms with Gasteiger partial charge in [0.15, 0.2) is 5.82 Å². The summed E-state index contributed by atoms with van der Waals surface area (Å²) in [5.74, 6) is 0.124. The van der Waals surface area contributed by atoms with Crippen LogP contribution in [0.2, 0.25) is 0 Å². The first-order chi connectivity index (χ1) is 7.65. The fourth-order valence-corrected chi connectivity index (χ4v) is 1.35. The van der Waals surface area contributed by atoms with E-state index < -0.39 is 5.82 Å². The fourth-order valence-electron chi connectivity index (χ4n) is 1.35. The number of tetrazole rings is 1. The lowest BCUT2D eigenvalue weighted by atomic mass is 10.1. The van der Waals surface area contributed by atoms with Gasteiger partial charge >= 0.3 is 0 Å². The zero-order valence-electron chi connectivity index (χ0n) is 8.71. The molecule has 0 saturated carbocycles. The summed E-state index contributed by atoms with van der Waals surface area (Å²) in [6.07, 6.45) is 3.07. The summed E-state index contributed by atoms with van der Waals surface area (Å²) in [5, 5.41) is 11.5. The van der Waals surface area contributed by atoms with Gasteiger partial charge in [-0.15, -0.1) is 10.2 Å². The number of rotatable bonds is 3. The molecule has 84 valence electrons. The van der Waals surface area contributed by atoms with E-state index in [0.29, 0.717) is 17.8 Å². The summed E-state index contributed by atoms with van der Waals surface area (Å²) in [7, 11) is 1.67. The molecule has 0 spiro atoms. The molecule has 0 aromatic carbocycles. The molecule has 0 radical (unpaired) electrons. The minimum absolute atomic E-state index is 0.382. The predicted molar refractivity (Wildman–Crippen MR) is 53.6 cm³/mol. The highest BCUT2D eigenvalue weighted by atomic mass is 19.1. The maximum Gasteiger partial charge on any atom is 0.176 e. The van der Waals surface area contributed by atoms with Crippen molar-refractivity contribution in [2.75, 3.05) is 0 Å². The topological polar surface area (TPSA) is 82.5 Å². The van der Waals surface area contributed by atoms with Crippen molar-refractivity contribution in [3.63, 3.8) is 0 Å². The largest absolute Gasteiger partial charge is 0.324 e. The van der Waals surface area contributed by atoms with Gasteiger partial charge in [-0.3, -0.25) is 4.98 Å². The van der Waals surface area contributed by atoms with E-state index in [1.54, 1.807) is 7.05 Å². The third kappa shape index (κ3) is 2.37. The first kappa shape index (κ1) is 10.6. The Kier molecular flexibility index (Phi) is 2.86. The van der Waals surface area contributed by atoms with E-state index >= 15 is 0 Å². The van der Waals surface area contributed by atoms with E-state index in [1.165, 1.54) is 17.1 Å². The molecule has 0 aliphatic rings. The Balaban J connectivity index is 2.11. The molecule has 0 bridgehead atoms. The molecule has 16 heavy (non-hydrogen) atoms. The van der Waals surface area contributed by atoms with Crippen LogP contribution in [0.1, 0.15) is 17.4 Å². The van der Waals surface area contributed by atoms with Gasteiger partial charge in [0.2, 0.25) is 0 Å². The Labute approximate surface area is 91.3 Å². The van der Waals surface area contributed by atoms with Crippen molar-refractivity contribution in [3.05, 3.63) is 35.7 Å². The molecule has 1 atom stereocenters. The maximum absolute atomic E-state index is 12.9. The summed E-state index contributed by atoms with van der Waals surface area (Å²) >= 11 is 0.